The minimum absolute atomic E-state index is 0.385. The van der Waals surface area contributed by atoms with E-state index in [-0.39, 0.29) is 0 Å². The van der Waals surface area contributed by atoms with Crippen molar-refractivity contribution in [2.45, 2.75) is 43.9 Å². The molecule has 4 saturated carbocycles. The van der Waals surface area contributed by atoms with Crippen molar-refractivity contribution in [3.8, 4) is 67.0 Å². The molecule has 3 heteroatoms. The van der Waals surface area contributed by atoms with Gasteiger partial charge in [0.25, 0.3) is 0 Å². The van der Waals surface area contributed by atoms with Crippen molar-refractivity contribution >= 4 is 43.9 Å². The fraction of sp³-hybridized carbons (Fsp3) is 0.159. The predicted octanol–water partition coefficient (Wildman–Crippen LogP) is 17.4. The number of benzene rings is 8. The third-order valence-corrected chi connectivity index (χ3v) is 15.6. The van der Waals surface area contributed by atoms with E-state index in [0.29, 0.717) is 5.41 Å². The number of hydrogen-bond acceptors (Lipinski definition) is 3. The number of aromatic nitrogens is 1. The number of fused-ring (bicyclic) bond motifs is 6. The predicted molar refractivity (Wildman–Crippen MR) is 271 cm³/mol. The van der Waals surface area contributed by atoms with Gasteiger partial charge in [0, 0.05) is 43.8 Å². The lowest BCUT2D eigenvalue weighted by Crippen LogP contribution is -2.48. The Balaban J connectivity index is 0.883. The molecule has 8 aromatic carbocycles. The summed E-state index contributed by atoms with van der Waals surface area (Å²) in [5.74, 6) is 2.79. The molecule has 4 aliphatic carbocycles. The van der Waals surface area contributed by atoms with Crippen LogP contribution in [-0.4, -0.2) is 4.98 Å². The van der Waals surface area contributed by atoms with Crippen molar-refractivity contribution in [2.75, 3.05) is 0 Å². The number of hydrogen-bond donors (Lipinski definition) is 0. The highest BCUT2D eigenvalue weighted by Gasteiger charge is 2.51. The van der Waals surface area contributed by atoms with Gasteiger partial charge in [0.15, 0.2) is 0 Å². The lowest BCUT2D eigenvalue weighted by Gasteiger charge is -2.57. The zero-order valence-corrected chi connectivity index (χ0v) is 36.7. The van der Waals surface area contributed by atoms with Crippen LogP contribution in [0.25, 0.3) is 111 Å². The normalized spacial score (nSPS) is 20.0. The van der Waals surface area contributed by atoms with Gasteiger partial charge in [0.2, 0.25) is 0 Å². The molecule has 15 rings (SSSR count). The first-order valence-electron chi connectivity index (χ1n) is 23.8. The molecule has 3 aromatic heterocycles. The second-order valence-corrected chi connectivity index (χ2v) is 19.7. The van der Waals surface area contributed by atoms with E-state index in [0.717, 1.165) is 106 Å². The monoisotopic (exact) mass is 849 g/mol. The van der Waals surface area contributed by atoms with Crippen LogP contribution in [0.15, 0.2) is 203 Å². The number of nitrogens with zero attached hydrogens (tertiary/aromatic N) is 1. The zero-order chi connectivity index (χ0) is 43.3. The van der Waals surface area contributed by atoms with Crippen LogP contribution in [0, 0.1) is 17.8 Å². The molecule has 0 atom stereocenters. The molecule has 11 aromatic rings. The topological polar surface area (TPSA) is 39.2 Å². The first kappa shape index (κ1) is 37.8. The summed E-state index contributed by atoms with van der Waals surface area (Å²) >= 11 is 0. The Morgan fingerprint density at radius 1 is 0.348 bits per heavy atom. The molecule has 316 valence electrons. The van der Waals surface area contributed by atoms with E-state index in [2.05, 4.69) is 194 Å². The molecule has 0 N–H and O–H groups in total. The molecule has 0 aliphatic heterocycles. The maximum Gasteiger partial charge on any atom is 0.143 e. The van der Waals surface area contributed by atoms with Crippen molar-refractivity contribution in [3.05, 3.63) is 200 Å². The lowest BCUT2D eigenvalue weighted by molar-refractivity contribution is -0.00518. The fourth-order valence-corrected chi connectivity index (χ4v) is 13.0. The molecule has 3 nitrogen and oxygen atoms in total. The van der Waals surface area contributed by atoms with E-state index in [4.69, 9.17) is 13.8 Å². The van der Waals surface area contributed by atoms with Crippen LogP contribution in [0.1, 0.15) is 44.1 Å². The smallest absolute Gasteiger partial charge is 0.143 e. The van der Waals surface area contributed by atoms with Crippen molar-refractivity contribution < 1.29 is 8.83 Å². The van der Waals surface area contributed by atoms with Gasteiger partial charge in [-0.25, -0.2) is 4.98 Å². The van der Waals surface area contributed by atoms with Crippen LogP contribution in [0.2, 0.25) is 0 Å². The SMILES string of the molecule is c1ccc(-c2cccc(-c3cc(-c4cccc5c4oc4ccc(-c6ccccc6)cc45)cc(-c4ccc5c(c4)oc4c(-c6ccc(C78CC9CC(CC(C9)C7)C8)cc6)cccc45)n3)c2)cc1. The van der Waals surface area contributed by atoms with Crippen molar-refractivity contribution in [1.29, 1.82) is 0 Å². The zero-order valence-electron chi connectivity index (χ0n) is 36.7. The molecule has 0 amide bonds. The van der Waals surface area contributed by atoms with Gasteiger partial charge < -0.3 is 8.83 Å². The molecular formula is C63H47NO2. The first-order valence-corrected chi connectivity index (χ1v) is 23.8. The molecule has 66 heavy (non-hydrogen) atoms. The fourth-order valence-electron chi connectivity index (χ4n) is 13.0. The van der Waals surface area contributed by atoms with Crippen LogP contribution in [0.4, 0.5) is 0 Å². The molecule has 4 fully saturated rings. The summed E-state index contributed by atoms with van der Waals surface area (Å²) < 4.78 is 13.7. The minimum Gasteiger partial charge on any atom is -0.455 e. The molecule has 4 bridgehead atoms. The van der Waals surface area contributed by atoms with Crippen molar-refractivity contribution in [2.24, 2.45) is 17.8 Å². The number of pyridine rings is 1. The second kappa shape index (κ2) is 14.8. The van der Waals surface area contributed by atoms with Crippen LogP contribution in [0.5, 0.6) is 0 Å². The summed E-state index contributed by atoms with van der Waals surface area (Å²) in [5, 5.41) is 4.43. The Labute approximate surface area is 384 Å². The molecule has 4 aliphatic rings. The molecular weight excluding hydrogens is 803 g/mol. The van der Waals surface area contributed by atoms with E-state index < -0.39 is 0 Å². The summed E-state index contributed by atoms with van der Waals surface area (Å²) in [7, 11) is 0. The van der Waals surface area contributed by atoms with E-state index in [1.165, 1.54) is 60.8 Å². The third kappa shape index (κ3) is 6.21. The average Bonchev–Trinajstić information content (AvgIpc) is 3.94. The van der Waals surface area contributed by atoms with Gasteiger partial charge in [-0.1, -0.05) is 152 Å². The summed E-state index contributed by atoms with van der Waals surface area (Å²) in [6.07, 6.45) is 8.54. The van der Waals surface area contributed by atoms with Crippen LogP contribution in [0.3, 0.4) is 0 Å². The third-order valence-electron chi connectivity index (χ3n) is 15.6. The number of para-hydroxylation sites is 2. The first-order chi connectivity index (χ1) is 32.6. The van der Waals surface area contributed by atoms with E-state index in [9.17, 15) is 0 Å². The Bertz CT molecular complexity index is 3630. The number of furan rings is 2. The van der Waals surface area contributed by atoms with Gasteiger partial charge in [-0.05, 0) is 143 Å². The van der Waals surface area contributed by atoms with E-state index >= 15 is 0 Å². The van der Waals surface area contributed by atoms with Gasteiger partial charge in [-0.3, -0.25) is 0 Å². The van der Waals surface area contributed by atoms with Gasteiger partial charge in [0.1, 0.15) is 22.3 Å². The van der Waals surface area contributed by atoms with Crippen molar-refractivity contribution in [1.82, 2.24) is 4.98 Å². The van der Waals surface area contributed by atoms with Gasteiger partial charge in [-0.15, -0.1) is 0 Å². The van der Waals surface area contributed by atoms with Gasteiger partial charge in [-0.2, -0.15) is 0 Å². The highest BCUT2D eigenvalue weighted by Crippen LogP contribution is 2.61. The van der Waals surface area contributed by atoms with E-state index in [1.807, 2.05) is 0 Å². The Morgan fingerprint density at radius 3 is 1.53 bits per heavy atom. The van der Waals surface area contributed by atoms with Crippen LogP contribution < -0.4 is 0 Å². The quantitative estimate of drug-likeness (QED) is 0.160. The lowest BCUT2D eigenvalue weighted by atomic mass is 9.48. The maximum atomic E-state index is 6.92. The summed E-state index contributed by atoms with van der Waals surface area (Å²) in [4.78, 5) is 5.43. The van der Waals surface area contributed by atoms with E-state index in [1.54, 1.807) is 5.56 Å². The molecule has 0 unspecified atom stereocenters. The second-order valence-electron chi connectivity index (χ2n) is 19.7. The summed E-state index contributed by atoms with van der Waals surface area (Å²) in [5.41, 5.74) is 18.4. The Kier molecular flexibility index (Phi) is 8.47. The van der Waals surface area contributed by atoms with Crippen LogP contribution in [-0.2, 0) is 5.41 Å². The molecule has 0 saturated heterocycles. The molecule has 3 heterocycles. The Morgan fingerprint density at radius 2 is 0.864 bits per heavy atom. The standard InChI is InChI=1S/C63H47NO2/c1-3-10-42(11-4-1)45-14-7-15-47(31-45)57-33-49(52-17-9-19-55-56-32-46(43-12-5-2-6-13-43)23-27-59(56)65-62(52)55)34-58(64-57)48-22-26-53-54-18-8-16-51(61(54)66-60(53)35-48)44-20-24-50(25-21-44)63-36-39-28-40(37-63)30-41(29-39)38-63/h1-27,31-35,39-41H,28-30,36-38H2. The molecule has 0 radical (unpaired) electrons. The highest BCUT2D eigenvalue weighted by atomic mass is 16.3. The van der Waals surface area contributed by atoms with Crippen molar-refractivity contribution in [3.63, 3.8) is 0 Å². The Hall–Kier alpha value is -7.49. The number of rotatable bonds is 7. The van der Waals surface area contributed by atoms with Gasteiger partial charge >= 0.3 is 0 Å². The average molecular weight is 850 g/mol. The molecule has 0 spiro atoms. The van der Waals surface area contributed by atoms with Crippen LogP contribution >= 0.6 is 0 Å². The maximum absolute atomic E-state index is 6.92. The summed E-state index contributed by atoms with van der Waals surface area (Å²) in [6, 6.07) is 70.0. The van der Waals surface area contributed by atoms with Gasteiger partial charge in [0.05, 0.1) is 11.4 Å². The summed E-state index contributed by atoms with van der Waals surface area (Å²) in [6.45, 7) is 0. The largest absolute Gasteiger partial charge is 0.455 e. The highest BCUT2D eigenvalue weighted by molar-refractivity contribution is 6.12. The minimum atomic E-state index is 0.385.